The summed E-state index contributed by atoms with van der Waals surface area (Å²) in [5, 5.41) is 17.2. The van der Waals surface area contributed by atoms with Crippen LogP contribution < -0.4 is 5.32 Å². The Hall–Kier alpha value is -2.70. The normalized spacial score (nSPS) is 10.2. The topological polar surface area (TPSA) is 90.1 Å². The number of nitro groups is 1. The highest BCUT2D eigenvalue weighted by atomic mass is 16.6. The number of non-ortho nitro benzene ring substituents is 1. The van der Waals surface area contributed by atoms with Gasteiger partial charge in [-0.1, -0.05) is 0 Å². The van der Waals surface area contributed by atoms with E-state index in [4.69, 9.17) is 0 Å². The lowest BCUT2D eigenvalue weighted by atomic mass is 10.2. The van der Waals surface area contributed by atoms with Crippen LogP contribution in [-0.4, -0.2) is 20.6 Å². The zero-order chi connectivity index (χ0) is 14.0. The third-order valence-corrected chi connectivity index (χ3v) is 2.82. The van der Waals surface area contributed by atoms with Gasteiger partial charge in [-0.2, -0.15) is 5.10 Å². The number of amides is 1. The Bertz CT molecular complexity index is 631. The van der Waals surface area contributed by atoms with Crippen molar-refractivity contribution in [3.05, 3.63) is 51.8 Å². The van der Waals surface area contributed by atoms with Crippen molar-refractivity contribution in [2.45, 2.75) is 6.92 Å². The first-order valence-electron chi connectivity index (χ1n) is 5.53. The summed E-state index contributed by atoms with van der Waals surface area (Å²) in [6.07, 6.45) is 1.55. The molecule has 0 bridgehead atoms. The Labute approximate surface area is 109 Å². The third-order valence-electron chi connectivity index (χ3n) is 2.82. The molecule has 0 aliphatic heterocycles. The minimum atomic E-state index is -0.507. The number of anilines is 1. The molecule has 0 fully saturated rings. The van der Waals surface area contributed by atoms with Crippen molar-refractivity contribution in [3.63, 3.8) is 0 Å². The molecule has 19 heavy (non-hydrogen) atoms. The molecule has 0 radical (unpaired) electrons. The molecule has 0 aliphatic rings. The van der Waals surface area contributed by atoms with E-state index in [0.29, 0.717) is 11.3 Å². The van der Waals surface area contributed by atoms with Crippen molar-refractivity contribution in [1.82, 2.24) is 9.78 Å². The van der Waals surface area contributed by atoms with E-state index in [1.54, 1.807) is 17.9 Å². The predicted molar refractivity (Wildman–Crippen MR) is 69.0 cm³/mol. The number of hydrogen-bond donors (Lipinski definition) is 1. The van der Waals surface area contributed by atoms with Crippen LogP contribution >= 0.6 is 0 Å². The van der Waals surface area contributed by atoms with Crippen molar-refractivity contribution in [2.75, 3.05) is 5.32 Å². The molecule has 1 N–H and O–H groups in total. The number of carbonyl (C=O) groups excluding carboxylic acids is 1. The Kier molecular flexibility index (Phi) is 3.28. The van der Waals surface area contributed by atoms with Crippen LogP contribution in [0.25, 0.3) is 0 Å². The van der Waals surface area contributed by atoms with Crippen LogP contribution in [0.4, 0.5) is 11.4 Å². The molecule has 1 aromatic carbocycles. The molecular weight excluding hydrogens is 248 g/mol. The first kappa shape index (κ1) is 12.7. The number of nitrogens with one attached hydrogen (secondary N) is 1. The van der Waals surface area contributed by atoms with Crippen molar-refractivity contribution < 1.29 is 9.72 Å². The quantitative estimate of drug-likeness (QED) is 0.674. The molecule has 7 heteroatoms. The maximum absolute atomic E-state index is 11.9. The molecule has 7 nitrogen and oxygen atoms in total. The van der Waals surface area contributed by atoms with Crippen molar-refractivity contribution >= 4 is 17.3 Å². The third kappa shape index (κ3) is 2.59. The first-order chi connectivity index (χ1) is 8.99. The summed E-state index contributed by atoms with van der Waals surface area (Å²) in [6, 6.07) is 5.42. The number of nitrogens with zero attached hydrogens (tertiary/aromatic N) is 3. The lowest BCUT2D eigenvalue weighted by Gasteiger charge is -2.04. The van der Waals surface area contributed by atoms with Gasteiger partial charge in [0, 0.05) is 24.7 Å². The Morgan fingerprint density at radius 1 is 1.37 bits per heavy atom. The van der Waals surface area contributed by atoms with E-state index in [2.05, 4.69) is 10.4 Å². The monoisotopic (exact) mass is 260 g/mol. The average Bonchev–Trinajstić information content (AvgIpc) is 2.71. The van der Waals surface area contributed by atoms with Crippen LogP contribution in [0.1, 0.15) is 16.1 Å². The van der Waals surface area contributed by atoms with E-state index in [0.717, 1.165) is 5.69 Å². The van der Waals surface area contributed by atoms with E-state index < -0.39 is 4.92 Å². The Morgan fingerprint density at radius 3 is 2.47 bits per heavy atom. The van der Waals surface area contributed by atoms with Crippen LogP contribution in [0.15, 0.2) is 30.5 Å². The molecule has 0 unspecified atom stereocenters. The number of aryl methyl sites for hydroxylation is 1. The summed E-state index contributed by atoms with van der Waals surface area (Å²) in [5.41, 5.74) is 1.75. The molecule has 1 aromatic heterocycles. The van der Waals surface area contributed by atoms with Crippen LogP contribution in [-0.2, 0) is 7.05 Å². The zero-order valence-electron chi connectivity index (χ0n) is 10.5. The highest BCUT2D eigenvalue weighted by molar-refractivity contribution is 6.04. The van der Waals surface area contributed by atoms with Gasteiger partial charge in [-0.15, -0.1) is 0 Å². The van der Waals surface area contributed by atoms with Crippen molar-refractivity contribution in [2.24, 2.45) is 7.05 Å². The molecule has 0 atom stereocenters. The fourth-order valence-electron chi connectivity index (χ4n) is 1.55. The SMILES string of the molecule is Cc1c(NC(=O)c2ccc([N+](=O)[O-])cc2)cnn1C. The average molecular weight is 260 g/mol. The van der Waals surface area contributed by atoms with Gasteiger partial charge < -0.3 is 5.32 Å². The maximum Gasteiger partial charge on any atom is 0.269 e. The molecule has 0 spiro atoms. The second-order valence-corrected chi connectivity index (χ2v) is 4.03. The van der Waals surface area contributed by atoms with E-state index in [1.807, 2.05) is 6.92 Å². The number of hydrogen-bond acceptors (Lipinski definition) is 4. The lowest BCUT2D eigenvalue weighted by molar-refractivity contribution is -0.384. The van der Waals surface area contributed by atoms with Gasteiger partial charge in [0.15, 0.2) is 0 Å². The van der Waals surface area contributed by atoms with E-state index >= 15 is 0 Å². The van der Waals surface area contributed by atoms with Crippen LogP contribution in [0, 0.1) is 17.0 Å². The highest BCUT2D eigenvalue weighted by Crippen LogP contribution is 2.16. The lowest BCUT2D eigenvalue weighted by Crippen LogP contribution is -2.12. The molecule has 2 aromatic rings. The summed E-state index contributed by atoms with van der Waals surface area (Å²) >= 11 is 0. The molecule has 98 valence electrons. The molecule has 1 heterocycles. The van der Waals surface area contributed by atoms with Crippen LogP contribution in [0.2, 0.25) is 0 Å². The van der Waals surface area contributed by atoms with Gasteiger partial charge >= 0.3 is 0 Å². The molecule has 0 saturated heterocycles. The number of rotatable bonds is 3. The number of nitro benzene ring substituents is 1. The van der Waals surface area contributed by atoms with Gasteiger partial charge in [0.1, 0.15) is 0 Å². The Balaban J connectivity index is 2.16. The fraction of sp³-hybridized carbons (Fsp3) is 0.167. The largest absolute Gasteiger partial charge is 0.319 e. The molecule has 1 amide bonds. The minimum Gasteiger partial charge on any atom is -0.319 e. The van der Waals surface area contributed by atoms with Crippen LogP contribution in [0.5, 0.6) is 0 Å². The second kappa shape index (κ2) is 4.89. The summed E-state index contributed by atoms with van der Waals surface area (Å²) in [6.45, 7) is 1.83. The summed E-state index contributed by atoms with van der Waals surface area (Å²) in [4.78, 5) is 21.9. The van der Waals surface area contributed by atoms with Gasteiger partial charge in [0.05, 0.1) is 22.5 Å². The summed E-state index contributed by atoms with van der Waals surface area (Å²) < 4.78 is 1.64. The highest BCUT2D eigenvalue weighted by Gasteiger charge is 2.12. The molecule has 2 rings (SSSR count). The Morgan fingerprint density at radius 2 is 2.00 bits per heavy atom. The van der Waals surface area contributed by atoms with E-state index in [9.17, 15) is 14.9 Å². The maximum atomic E-state index is 11.9. The number of aromatic nitrogens is 2. The van der Waals surface area contributed by atoms with Crippen molar-refractivity contribution in [1.29, 1.82) is 0 Å². The van der Waals surface area contributed by atoms with Crippen LogP contribution in [0.3, 0.4) is 0 Å². The number of benzene rings is 1. The van der Waals surface area contributed by atoms with Gasteiger partial charge in [0.25, 0.3) is 11.6 Å². The van der Waals surface area contributed by atoms with Crippen molar-refractivity contribution in [3.8, 4) is 0 Å². The minimum absolute atomic E-state index is 0.0471. The molecule has 0 aliphatic carbocycles. The number of carbonyl (C=O) groups is 1. The van der Waals surface area contributed by atoms with Gasteiger partial charge in [-0.05, 0) is 19.1 Å². The van der Waals surface area contributed by atoms with Gasteiger partial charge in [-0.3, -0.25) is 19.6 Å². The summed E-state index contributed by atoms with van der Waals surface area (Å²) in [5.74, 6) is -0.328. The smallest absolute Gasteiger partial charge is 0.269 e. The molecular formula is C12H12N4O3. The van der Waals surface area contributed by atoms with Gasteiger partial charge in [0.2, 0.25) is 0 Å². The summed E-state index contributed by atoms with van der Waals surface area (Å²) in [7, 11) is 1.77. The fourth-order valence-corrected chi connectivity index (χ4v) is 1.55. The van der Waals surface area contributed by atoms with E-state index in [1.165, 1.54) is 24.3 Å². The molecule has 0 saturated carbocycles. The van der Waals surface area contributed by atoms with Gasteiger partial charge in [-0.25, -0.2) is 0 Å². The predicted octanol–water partition coefficient (Wildman–Crippen LogP) is 1.89. The standard InChI is InChI=1S/C12H12N4O3/c1-8-11(7-13-15(8)2)14-12(17)9-3-5-10(6-4-9)16(18)19/h3-7H,1-2H3,(H,14,17). The zero-order valence-corrected chi connectivity index (χ0v) is 10.5. The van der Waals surface area contributed by atoms with E-state index in [-0.39, 0.29) is 11.6 Å². The first-order valence-corrected chi connectivity index (χ1v) is 5.53. The second-order valence-electron chi connectivity index (χ2n) is 4.03.